The van der Waals surface area contributed by atoms with E-state index in [1.807, 2.05) is 0 Å². The van der Waals surface area contributed by atoms with E-state index < -0.39 is 6.10 Å². The Bertz CT molecular complexity index is 1290. The van der Waals surface area contributed by atoms with E-state index in [2.05, 4.69) is 57.2 Å². The Morgan fingerprint density at radius 1 is 0.260 bits per heavy atom. The number of hydrogen-bond donors (Lipinski definition) is 0. The molecule has 0 spiro atoms. The molecule has 0 fully saturated rings. The summed E-state index contributed by atoms with van der Waals surface area (Å²) in [7, 11) is 0. The summed E-state index contributed by atoms with van der Waals surface area (Å²) in [6, 6.07) is 0. The third-order valence-electron chi connectivity index (χ3n) is 15.6. The van der Waals surface area contributed by atoms with Crippen molar-refractivity contribution < 1.29 is 28.6 Å². The summed E-state index contributed by atoms with van der Waals surface area (Å²) in [4.78, 5) is 38.1. The Kier molecular flexibility index (Phi) is 64.1. The van der Waals surface area contributed by atoms with Crippen molar-refractivity contribution >= 4 is 17.9 Å². The fourth-order valence-electron chi connectivity index (χ4n) is 10.4. The molecule has 0 aliphatic heterocycles. The third-order valence-corrected chi connectivity index (χ3v) is 15.6. The van der Waals surface area contributed by atoms with Gasteiger partial charge in [-0.1, -0.05) is 320 Å². The smallest absolute Gasteiger partial charge is 0.306 e. The van der Waals surface area contributed by atoms with E-state index in [1.165, 1.54) is 276 Å². The Labute approximate surface area is 480 Å². The van der Waals surface area contributed by atoms with Gasteiger partial charge >= 0.3 is 17.9 Å². The number of rotatable bonds is 64. The molecule has 0 amide bonds. The highest BCUT2D eigenvalue weighted by molar-refractivity contribution is 5.71. The van der Waals surface area contributed by atoms with Crippen molar-refractivity contribution in [3.8, 4) is 0 Å². The van der Waals surface area contributed by atoms with Crippen molar-refractivity contribution in [3.05, 3.63) is 36.5 Å². The largest absolute Gasteiger partial charge is 0.462 e. The Hall–Kier alpha value is -2.37. The quantitative estimate of drug-likeness (QED) is 0.0261. The molecule has 6 heteroatoms. The van der Waals surface area contributed by atoms with Crippen molar-refractivity contribution in [3.63, 3.8) is 0 Å². The lowest BCUT2D eigenvalue weighted by Gasteiger charge is -2.18. The lowest BCUT2D eigenvalue weighted by molar-refractivity contribution is -0.167. The molecule has 0 N–H and O–H groups in total. The van der Waals surface area contributed by atoms with Gasteiger partial charge in [0.1, 0.15) is 13.2 Å². The van der Waals surface area contributed by atoms with Crippen LogP contribution in [0.2, 0.25) is 0 Å². The van der Waals surface area contributed by atoms with Crippen molar-refractivity contribution in [1.29, 1.82) is 0 Å². The van der Waals surface area contributed by atoms with Crippen LogP contribution < -0.4 is 0 Å². The molecule has 0 aromatic heterocycles. The van der Waals surface area contributed by atoms with Gasteiger partial charge in [0.2, 0.25) is 0 Å². The number of carbonyl (C=O) groups excluding carboxylic acids is 3. The summed E-state index contributed by atoms with van der Waals surface area (Å²) in [6.45, 7) is 6.63. The fraction of sp³-hybridized carbons (Fsp3) is 0.873. The van der Waals surface area contributed by atoms with Crippen LogP contribution in [0.5, 0.6) is 0 Å². The number of ether oxygens (including phenoxy) is 3. The van der Waals surface area contributed by atoms with Crippen molar-refractivity contribution in [1.82, 2.24) is 0 Å². The van der Waals surface area contributed by atoms with Gasteiger partial charge in [-0.15, -0.1) is 0 Å². The molecule has 0 aromatic rings. The zero-order valence-electron chi connectivity index (χ0n) is 52.0. The minimum atomic E-state index is -0.770. The van der Waals surface area contributed by atoms with Crippen LogP contribution in [0.3, 0.4) is 0 Å². The van der Waals surface area contributed by atoms with E-state index in [4.69, 9.17) is 14.2 Å². The number of hydrogen-bond acceptors (Lipinski definition) is 6. The summed E-state index contributed by atoms with van der Waals surface area (Å²) < 4.78 is 16.9. The first-order valence-electron chi connectivity index (χ1n) is 34.5. The molecule has 0 heterocycles. The van der Waals surface area contributed by atoms with Crippen LogP contribution >= 0.6 is 0 Å². The predicted molar refractivity (Wildman–Crippen MR) is 335 cm³/mol. The molecule has 6 nitrogen and oxygen atoms in total. The maximum absolute atomic E-state index is 12.9. The lowest BCUT2D eigenvalue weighted by atomic mass is 10.0. The SMILES string of the molecule is CCCCC/C=C\C/C=C\CCCCCCCCCCCC(=O)OC(COC(=O)CCCCCCCCC)COC(=O)CCCCCCCCCCCCCCCCCCCCCCC/C=C\CCCCCCCCCC. The molecule has 0 saturated heterocycles. The van der Waals surface area contributed by atoms with E-state index in [-0.39, 0.29) is 31.1 Å². The molecule has 0 aliphatic rings. The van der Waals surface area contributed by atoms with Crippen LogP contribution in [0.1, 0.15) is 380 Å². The van der Waals surface area contributed by atoms with E-state index in [9.17, 15) is 14.4 Å². The first kappa shape index (κ1) is 74.6. The molecular weight excluding hydrogens is 949 g/mol. The zero-order valence-corrected chi connectivity index (χ0v) is 52.0. The maximum atomic E-state index is 12.9. The summed E-state index contributed by atoms with van der Waals surface area (Å²) >= 11 is 0. The number of allylic oxidation sites excluding steroid dienone is 6. The monoisotopic (exact) mass is 1080 g/mol. The van der Waals surface area contributed by atoms with Gasteiger partial charge in [-0.2, -0.15) is 0 Å². The van der Waals surface area contributed by atoms with Crippen LogP contribution in [0.4, 0.5) is 0 Å². The average Bonchev–Trinajstić information content (AvgIpc) is 3.43. The van der Waals surface area contributed by atoms with E-state index in [0.29, 0.717) is 19.3 Å². The Morgan fingerprint density at radius 2 is 0.468 bits per heavy atom. The van der Waals surface area contributed by atoms with Crippen LogP contribution in [0.25, 0.3) is 0 Å². The molecule has 452 valence electrons. The van der Waals surface area contributed by atoms with Crippen LogP contribution in [-0.4, -0.2) is 37.2 Å². The number of unbranched alkanes of at least 4 members (excludes halogenated alkanes) is 47. The zero-order chi connectivity index (χ0) is 55.7. The fourth-order valence-corrected chi connectivity index (χ4v) is 10.4. The summed E-state index contributed by atoms with van der Waals surface area (Å²) in [5.41, 5.74) is 0. The first-order valence-corrected chi connectivity index (χ1v) is 34.5. The van der Waals surface area contributed by atoms with Gasteiger partial charge in [0.15, 0.2) is 6.10 Å². The Balaban J connectivity index is 3.97. The summed E-state index contributed by atoms with van der Waals surface area (Å²) in [6.07, 6.45) is 82.1. The molecule has 1 unspecified atom stereocenters. The van der Waals surface area contributed by atoms with Gasteiger partial charge in [0.25, 0.3) is 0 Å². The normalized spacial score (nSPS) is 12.2. The molecule has 0 saturated carbocycles. The van der Waals surface area contributed by atoms with E-state index >= 15 is 0 Å². The molecule has 0 bridgehead atoms. The van der Waals surface area contributed by atoms with E-state index in [0.717, 1.165) is 64.2 Å². The highest BCUT2D eigenvalue weighted by Crippen LogP contribution is 2.18. The van der Waals surface area contributed by atoms with Gasteiger partial charge in [-0.05, 0) is 77.0 Å². The van der Waals surface area contributed by atoms with Crippen LogP contribution in [0.15, 0.2) is 36.5 Å². The predicted octanol–water partition coefficient (Wildman–Crippen LogP) is 23.6. The third kappa shape index (κ3) is 64.3. The molecule has 0 rings (SSSR count). The highest BCUT2D eigenvalue weighted by Gasteiger charge is 2.19. The molecule has 0 aromatic carbocycles. The van der Waals surface area contributed by atoms with Crippen LogP contribution in [0, 0.1) is 0 Å². The topological polar surface area (TPSA) is 78.9 Å². The van der Waals surface area contributed by atoms with Gasteiger partial charge < -0.3 is 14.2 Å². The highest BCUT2D eigenvalue weighted by atomic mass is 16.6. The summed E-state index contributed by atoms with van der Waals surface area (Å²) in [5.74, 6) is -0.857. The van der Waals surface area contributed by atoms with Gasteiger partial charge in [-0.25, -0.2) is 0 Å². The second-order valence-corrected chi connectivity index (χ2v) is 23.4. The van der Waals surface area contributed by atoms with E-state index in [1.54, 1.807) is 0 Å². The Morgan fingerprint density at radius 3 is 0.753 bits per heavy atom. The second kappa shape index (κ2) is 66.1. The lowest BCUT2D eigenvalue weighted by Crippen LogP contribution is -2.30. The standard InChI is InChI=1S/C71H132O6/c1-4-7-10-13-16-18-20-22-24-26-28-29-30-31-32-33-34-35-36-37-38-39-40-41-43-44-46-48-50-52-55-58-61-64-70(73)76-67-68(66-75-69(72)63-60-57-54-15-12-9-6-3)77-71(74)65-62-59-56-53-51-49-47-45-42-27-25-23-21-19-17-14-11-8-5-2/h17,19,23,25-26,28,68H,4-16,18,20-22,24,27,29-67H2,1-3H3/b19-17-,25-23-,28-26-. The molecule has 77 heavy (non-hydrogen) atoms. The minimum absolute atomic E-state index is 0.0690. The van der Waals surface area contributed by atoms with Crippen molar-refractivity contribution in [2.45, 2.75) is 386 Å². The van der Waals surface area contributed by atoms with Crippen LogP contribution in [-0.2, 0) is 28.6 Å². The molecule has 1 atom stereocenters. The van der Waals surface area contributed by atoms with Crippen molar-refractivity contribution in [2.75, 3.05) is 13.2 Å². The van der Waals surface area contributed by atoms with Gasteiger partial charge in [0, 0.05) is 19.3 Å². The van der Waals surface area contributed by atoms with Crippen molar-refractivity contribution in [2.24, 2.45) is 0 Å². The van der Waals surface area contributed by atoms with Gasteiger partial charge in [-0.3, -0.25) is 14.4 Å². The summed E-state index contributed by atoms with van der Waals surface area (Å²) in [5, 5.41) is 0. The maximum Gasteiger partial charge on any atom is 0.306 e. The average molecular weight is 1080 g/mol. The molecule has 0 radical (unpaired) electrons. The second-order valence-electron chi connectivity index (χ2n) is 23.4. The number of esters is 3. The minimum Gasteiger partial charge on any atom is -0.462 e. The molecule has 0 aliphatic carbocycles. The van der Waals surface area contributed by atoms with Gasteiger partial charge in [0.05, 0.1) is 0 Å². The molecular formula is C71H132O6. The number of carbonyl (C=O) groups is 3. The first-order chi connectivity index (χ1) is 38.0.